The summed E-state index contributed by atoms with van der Waals surface area (Å²) in [7, 11) is -5.70. The molecule has 0 aliphatic carbocycles. The largest absolute Gasteiger partial charge is 0.408 e. The third-order valence-corrected chi connectivity index (χ3v) is 14.1. The van der Waals surface area contributed by atoms with Crippen molar-refractivity contribution in [2.75, 3.05) is 45.8 Å². The topological polar surface area (TPSA) is 81.7 Å². The van der Waals surface area contributed by atoms with Crippen LogP contribution in [0.1, 0.15) is 93.9 Å². The summed E-state index contributed by atoms with van der Waals surface area (Å²) in [6.07, 6.45) is 3.90. The van der Waals surface area contributed by atoms with Crippen LogP contribution in [-0.4, -0.2) is 84.6 Å². The lowest BCUT2D eigenvalue weighted by Crippen LogP contribution is -2.64. The molecular weight excluding hydrogens is 535 g/mol. The Morgan fingerprint density at radius 1 is 0.744 bits per heavy atom. The molecule has 0 aromatic carbocycles. The van der Waals surface area contributed by atoms with Gasteiger partial charge < -0.3 is 32.4 Å². The van der Waals surface area contributed by atoms with Gasteiger partial charge in [0.15, 0.2) is 8.32 Å². The molecule has 3 unspecified atom stereocenters. The molecule has 5 atom stereocenters. The van der Waals surface area contributed by atoms with Crippen molar-refractivity contribution in [1.82, 2.24) is 0 Å². The molecule has 0 aromatic rings. The molecule has 1 saturated heterocycles. The van der Waals surface area contributed by atoms with E-state index >= 15 is 0 Å². The van der Waals surface area contributed by atoms with Crippen LogP contribution in [0, 0.1) is 0 Å². The van der Waals surface area contributed by atoms with E-state index in [1.807, 2.05) is 13.8 Å². The van der Waals surface area contributed by atoms with Gasteiger partial charge in [-0.25, -0.2) is 0 Å². The second-order valence-corrected chi connectivity index (χ2v) is 18.9. The third kappa shape index (κ3) is 12.5. The number of rotatable bonds is 21. The van der Waals surface area contributed by atoms with Crippen molar-refractivity contribution in [2.45, 2.75) is 143 Å². The second kappa shape index (κ2) is 18.7. The van der Waals surface area contributed by atoms with Crippen LogP contribution in [0.25, 0.3) is 0 Å². The summed E-state index contributed by atoms with van der Waals surface area (Å²) in [5.74, 6) is 0. The maximum atomic E-state index is 13.8. The molecule has 1 heterocycles. The van der Waals surface area contributed by atoms with E-state index in [1.165, 1.54) is 0 Å². The predicted molar refractivity (Wildman–Crippen MR) is 161 cm³/mol. The Bertz CT molecular complexity index is 677. The molecule has 0 amide bonds. The third-order valence-electron chi connectivity index (χ3n) is 7.56. The van der Waals surface area contributed by atoms with E-state index in [2.05, 4.69) is 54.6 Å². The Morgan fingerprint density at radius 3 is 1.74 bits per heavy atom. The van der Waals surface area contributed by atoms with Crippen molar-refractivity contribution in [3.63, 3.8) is 0 Å². The molecular formula is C29H61O8PSi. The molecule has 0 spiro atoms. The lowest BCUT2D eigenvalue weighted by Gasteiger charge is -2.50. The summed E-state index contributed by atoms with van der Waals surface area (Å²) in [6, 6.07) is 0. The first-order valence-electron chi connectivity index (χ1n) is 15.4. The summed E-state index contributed by atoms with van der Waals surface area (Å²) in [5.41, 5.74) is 0. The summed E-state index contributed by atoms with van der Waals surface area (Å²) in [5, 5.41) is -0.0340. The van der Waals surface area contributed by atoms with Crippen molar-refractivity contribution in [3.05, 3.63) is 0 Å². The van der Waals surface area contributed by atoms with Crippen LogP contribution in [0.3, 0.4) is 0 Å². The van der Waals surface area contributed by atoms with Crippen molar-refractivity contribution in [2.24, 2.45) is 0 Å². The van der Waals surface area contributed by atoms with Gasteiger partial charge in [0.2, 0.25) is 0 Å². The highest BCUT2D eigenvalue weighted by Crippen LogP contribution is 2.51. The highest BCUT2D eigenvalue weighted by molar-refractivity contribution is 7.53. The average Bonchev–Trinajstić information content (AvgIpc) is 2.84. The molecule has 1 aliphatic heterocycles. The van der Waals surface area contributed by atoms with Gasteiger partial charge in [0.25, 0.3) is 0 Å². The average molecular weight is 597 g/mol. The van der Waals surface area contributed by atoms with Gasteiger partial charge in [0, 0.05) is 19.8 Å². The summed E-state index contributed by atoms with van der Waals surface area (Å²) in [4.78, 5) is 0. The van der Waals surface area contributed by atoms with E-state index in [4.69, 9.17) is 32.4 Å². The molecule has 0 radical (unpaired) electrons. The molecule has 1 aliphatic rings. The zero-order chi connectivity index (χ0) is 29.5. The van der Waals surface area contributed by atoms with E-state index in [9.17, 15) is 4.57 Å². The smallest absolute Gasteiger partial charge is 0.333 e. The molecule has 10 heteroatoms. The minimum absolute atomic E-state index is 0.0340. The maximum absolute atomic E-state index is 13.8. The monoisotopic (exact) mass is 596 g/mol. The van der Waals surface area contributed by atoms with E-state index in [0.717, 1.165) is 38.5 Å². The van der Waals surface area contributed by atoms with Gasteiger partial charge in [0.05, 0.1) is 32.1 Å². The second-order valence-electron chi connectivity index (χ2n) is 12.0. The molecule has 0 saturated carbocycles. The van der Waals surface area contributed by atoms with Crippen LogP contribution < -0.4 is 0 Å². The Hall–Kier alpha value is 0.167. The van der Waals surface area contributed by atoms with Crippen LogP contribution in [-0.2, 0) is 37.0 Å². The quantitative estimate of drug-likeness (QED) is 0.0761. The van der Waals surface area contributed by atoms with Gasteiger partial charge in [-0.3, -0.25) is 4.57 Å². The number of unbranched alkanes of at least 4 members (excludes halogenated alkanes) is 3. The summed E-state index contributed by atoms with van der Waals surface area (Å²) in [6.45, 7) is 24.0. The number of hydrogen-bond donors (Lipinski definition) is 0. The fourth-order valence-electron chi connectivity index (χ4n) is 4.25. The fourth-order valence-corrected chi connectivity index (χ4v) is 7.38. The summed E-state index contributed by atoms with van der Waals surface area (Å²) < 4.78 is 58.2. The minimum Gasteiger partial charge on any atom is -0.408 e. The van der Waals surface area contributed by atoms with Gasteiger partial charge >= 0.3 is 7.60 Å². The van der Waals surface area contributed by atoms with Crippen LogP contribution in [0.15, 0.2) is 0 Å². The van der Waals surface area contributed by atoms with Crippen LogP contribution >= 0.6 is 7.60 Å². The predicted octanol–water partition coefficient (Wildman–Crippen LogP) is 7.60. The Kier molecular flexibility index (Phi) is 17.8. The maximum Gasteiger partial charge on any atom is 0.333 e. The molecule has 39 heavy (non-hydrogen) atoms. The molecule has 0 N–H and O–H groups in total. The van der Waals surface area contributed by atoms with Crippen molar-refractivity contribution in [1.29, 1.82) is 0 Å². The van der Waals surface area contributed by atoms with Gasteiger partial charge in [0.1, 0.15) is 24.4 Å². The first-order valence-corrected chi connectivity index (χ1v) is 20.1. The van der Waals surface area contributed by atoms with E-state index in [0.29, 0.717) is 39.6 Å². The molecule has 0 aromatic heterocycles. The number of ether oxygens (including phenoxy) is 4. The lowest BCUT2D eigenvalue weighted by molar-refractivity contribution is -0.248. The zero-order valence-electron chi connectivity index (χ0n) is 26.8. The molecule has 1 rings (SSSR count). The van der Waals surface area contributed by atoms with E-state index in [1.54, 1.807) is 0 Å². The number of hydrogen-bond acceptors (Lipinski definition) is 8. The lowest BCUT2D eigenvalue weighted by atomic mass is 9.95. The van der Waals surface area contributed by atoms with Gasteiger partial charge in [-0.05, 0) is 51.2 Å². The molecule has 1 fully saturated rings. The Balaban J connectivity index is 3.53. The fraction of sp³-hybridized carbons (Fsp3) is 1.00. The van der Waals surface area contributed by atoms with Crippen LogP contribution in [0.5, 0.6) is 0 Å². The van der Waals surface area contributed by atoms with Crippen LogP contribution in [0.4, 0.5) is 0 Å². The van der Waals surface area contributed by atoms with Gasteiger partial charge in [-0.2, -0.15) is 0 Å². The molecule has 0 bridgehead atoms. The van der Waals surface area contributed by atoms with Crippen molar-refractivity contribution in [3.8, 4) is 0 Å². The van der Waals surface area contributed by atoms with E-state index < -0.39 is 34.2 Å². The highest BCUT2D eigenvalue weighted by atomic mass is 31.2. The minimum atomic E-state index is -3.43. The summed E-state index contributed by atoms with van der Waals surface area (Å²) >= 11 is 0. The zero-order valence-corrected chi connectivity index (χ0v) is 28.7. The van der Waals surface area contributed by atoms with Crippen molar-refractivity contribution >= 4 is 15.9 Å². The normalized spacial score (nSPS) is 24.8. The molecule has 234 valence electrons. The van der Waals surface area contributed by atoms with Crippen molar-refractivity contribution < 1.29 is 37.0 Å². The first-order chi connectivity index (χ1) is 18.4. The standard InChI is InChI=1S/C29H61O8PSi/c1-11-16-19-31-22-24-26(32-20-17-12-2)28(33-21-18-13-3)27(37-39(9,10)29(6,7)8)25(36-24)23-38(30,34-14-4)35-15-5/h24-28H,11-23H2,1-10H3/t24?,25-,26-,27?,28?/m1/s1. The van der Waals surface area contributed by atoms with E-state index in [-0.39, 0.29) is 23.4 Å². The first kappa shape index (κ1) is 37.2. The Labute approximate surface area is 241 Å². The highest BCUT2D eigenvalue weighted by Gasteiger charge is 2.53. The SMILES string of the molecule is CCCCOCC1O[C@H](CP(=O)(OCC)OCC)C(O[Si](C)(C)C(C)(C)C)C(OCCCC)[C@@H]1OCCCC. The van der Waals surface area contributed by atoms with Gasteiger partial charge in [-0.1, -0.05) is 60.8 Å². The Morgan fingerprint density at radius 2 is 1.26 bits per heavy atom. The van der Waals surface area contributed by atoms with Crippen LogP contribution in [0.2, 0.25) is 18.1 Å². The molecule has 8 nitrogen and oxygen atoms in total. The van der Waals surface area contributed by atoms with Gasteiger partial charge in [-0.15, -0.1) is 0 Å².